The summed E-state index contributed by atoms with van der Waals surface area (Å²) in [5.74, 6) is 2.06. The minimum Gasteiger partial charge on any atom is -0.492 e. The lowest BCUT2D eigenvalue weighted by atomic mass is 10.1. The van der Waals surface area contributed by atoms with Gasteiger partial charge in [-0.15, -0.1) is 0 Å². The summed E-state index contributed by atoms with van der Waals surface area (Å²) in [5, 5.41) is 3.95. The molecule has 1 aromatic heterocycles. The van der Waals surface area contributed by atoms with Crippen molar-refractivity contribution in [3.05, 3.63) is 54.2 Å². The third-order valence-electron chi connectivity index (χ3n) is 4.06. The van der Waals surface area contributed by atoms with Crippen LogP contribution in [0.5, 0.6) is 17.2 Å². The van der Waals surface area contributed by atoms with E-state index in [-0.39, 0.29) is 12.7 Å². The fraction of sp³-hybridized carbons (Fsp3) is 0.211. The van der Waals surface area contributed by atoms with Crippen molar-refractivity contribution in [3.63, 3.8) is 0 Å². The standard InChI is InChI=1S/C19H18N2O4/c22-19(9-13-11-21-16-4-2-1-3-15(13)16)20-7-8-23-14-5-6-17-18(10-14)25-12-24-17/h1-6,10-11,21H,7-9,12H2,(H,20,22). The van der Waals surface area contributed by atoms with E-state index in [0.717, 1.165) is 22.2 Å². The summed E-state index contributed by atoms with van der Waals surface area (Å²) in [6.07, 6.45) is 2.22. The van der Waals surface area contributed by atoms with Gasteiger partial charge in [-0.3, -0.25) is 4.79 Å². The van der Waals surface area contributed by atoms with Crippen LogP contribution in [0.4, 0.5) is 0 Å². The van der Waals surface area contributed by atoms with E-state index >= 15 is 0 Å². The molecule has 25 heavy (non-hydrogen) atoms. The molecule has 0 fully saturated rings. The molecule has 2 N–H and O–H groups in total. The Labute approximate surface area is 144 Å². The van der Waals surface area contributed by atoms with Crippen molar-refractivity contribution >= 4 is 16.8 Å². The third-order valence-corrected chi connectivity index (χ3v) is 4.06. The van der Waals surface area contributed by atoms with Crippen LogP contribution >= 0.6 is 0 Å². The molecule has 128 valence electrons. The number of rotatable bonds is 6. The van der Waals surface area contributed by atoms with Crippen molar-refractivity contribution in [2.45, 2.75) is 6.42 Å². The number of hydrogen-bond donors (Lipinski definition) is 2. The van der Waals surface area contributed by atoms with Gasteiger partial charge < -0.3 is 24.5 Å². The van der Waals surface area contributed by atoms with E-state index in [9.17, 15) is 4.79 Å². The summed E-state index contributed by atoms with van der Waals surface area (Å²) >= 11 is 0. The van der Waals surface area contributed by atoms with E-state index < -0.39 is 0 Å². The van der Waals surface area contributed by atoms with Crippen LogP contribution in [0.2, 0.25) is 0 Å². The number of amides is 1. The highest BCUT2D eigenvalue weighted by molar-refractivity contribution is 5.88. The lowest BCUT2D eigenvalue weighted by Crippen LogP contribution is -2.29. The Hall–Kier alpha value is -3.15. The fourth-order valence-corrected chi connectivity index (χ4v) is 2.84. The molecule has 0 aliphatic carbocycles. The summed E-state index contributed by atoms with van der Waals surface area (Å²) in [6, 6.07) is 13.4. The van der Waals surface area contributed by atoms with E-state index in [1.165, 1.54) is 0 Å². The first kappa shape index (κ1) is 15.4. The quantitative estimate of drug-likeness (QED) is 0.678. The van der Waals surface area contributed by atoms with E-state index in [0.29, 0.717) is 31.1 Å². The van der Waals surface area contributed by atoms with Crippen LogP contribution < -0.4 is 19.5 Å². The van der Waals surface area contributed by atoms with E-state index in [4.69, 9.17) is 14.2 Å². The van der Waals surface area contributed by atoms with Crippen LogP contribution in [0, 0.1) is 0 Å². The molecule has 1 aliphatic heterocycles. The summed E-state index contributed by atoms with van der Waals surface area (Å²) < 4.78 is 16.2. The molecule has 6 heteroatoms. The van der Waals surface area contributed by atoms with Crippen molar-refractivity contribution in [2.75, 3.05) is 19.9 Å². The molecular weight excluding hydrogens is 320 g/mol. The summed E-state index contributed by atoms with van der Waals surface area (Å²) in [7, 11) is 0. The molecule has 1 amide bonds. The number of para-hydroxylation sites is 1. The molecule has 6 nitrogen and oxygen atoms in total. The number of carbonyl (C=O) groups is 1. The van der Waals surface area contributed by atoms with E-state index in [2.05, 4.69) is 10.3 Å². The normalized spacial score (nSPS) is 12.3. The number of benzene rings is 2. The van der Waals surface area contributed by atoms with Crippen molar-refractivity contribution < 1.29 is 19.0 Å². The van der Waals surface area contributed by atoms with Crippen molar-refractivity contribution in [3.8, 4) is 17.2 Å². The third kappa shape index (κ3) is 3.38. The molecule has 0 spiro atoms. The molecule has 0 saturated carbocycles. The van der Waals surface area contributed by atoms with E-state index in [1.807, 2.05) is 42.6 Å². The Morgan fingerprint density at radius 1 is 1.16 bits per heavy atom. The van der Waals surface area contributed by atoms with Gasteiger partial charge in [0.2, 0.25) is 12.7 Å². The SMILES string of the molecule is O=C(Cc1c[nH]c2ccccc12)NCCOc1ccc2c(c1)OCO2. The van der Waals surface area contributed by atoms with Gasteiger partial charge in [0.05, 0.1) is 13.0 Å². The highest BCUT2D eigenvalue weighted by Gasteiger charge is 2.13. The molecular formula is C19H18N2O4. The number of nitrogens with one attached hydrogen (secondary N) is 2. The van der Waals surface area contributed by atoms with Gasteiger partial charge in [0, 0.05) is 23.2 Å². The van der Waals surface area contributed by atoms with Crippen LogP contribution in [0.3, 0.4) is 0 Å². The Morgan fingerprint density at radius 3 is 3.00 bits per heavy atom. The van der Waals surface area contributed by atoms with Gasteiger partial charge in [0.15, 0.2) is 11.5 Å². The van der Waals surface area contributed by atoms with Crippen molar-refractivity contribution in [1.29, 1.82) is 0 Å². The van der Waals surface area contributed by atoms with Crippen LogP contribution in [-0.2, 0) is 11.2 Å². The van der Waals surface area contributed by atoms with Crippen molar-refractivity contribution in [2.24, 2.45) is 0 Å². The van der Waals surface area contributed by atoms with Gasteiger partial charge in [-0.1, -0.05) is 18.2 Å². The minimum absolute atomic E-state index is 0.0287. The number of aromatic nitrogens is 1. The summed E-state index contributed by atoms with van der Waals surface area (Å²) in [4.78, 5) is 15.3. The molecule has 0 atom stereocenters. The summed E-state index contributed by atoms with van der Waals surface area (Å²) in [6.45, 7) is 1.07. The zero-order valence-corrected chi connectivity index (χ0v) is 13.6. The van der Waals surface area contributed by atoms with Gasteiger partial charge in [-0.05, 0) is 23.8 Å². The average Bonchev–Trinajstić information content (AvgIpc) is 3.25. The second kappa shape index (κ2) is 6.76. The molecule has 0 bridgehead atoms. The Morgan fingerprint density at radius 2 is 2.04 bits per heavy atom. The van der Waals surface area contributed by atoms with Gasteiger partial charge in [0.25, 0.3) is 0 Å². The number of ether oxygens (including phenoxy) is 3. The first-order chi connectivity index (χ1) is 12.3. The Bertz CT molecular complexity index is 903. The van der Waals surface area contributed by atoms with Crippen LogP contribution in [-0.4, -0.2) is 30.8 Å². The molecule has 1 aliphatic rings. The molecule has 2 heterocycles. The largest absolute Gasteiger partial charge is 0.492 e. The van der Waals surface area contributed by atoms with E-state index in [1.54, 1.807) is 6.07 Å². The topological polar surface area (TPSA) is 72.6 Å². The number of aromatic amines is 1. The van der Waals surface area contributed by atoms with Crippen molar-refractivity contribution in [1.82, 2.24) is 10.3 Å². The monoisotopic (exact) mass is 338 g/mol. The predicted molar refractivity (Wildman–Crippen MR) is 93.1 cm³/mol. The van der Waals surface area contributed by atoms with Crippen LogP contribution in [0.25, 0.3) is 10.9 Å². The molecule has 3 aromatic rings. The molecule has 0 unspecified atom stereocenters. The van der Waals surface area contributed by atoms with Crippen LogP contribution in [0.15, 0.2) is 48.7 Å². The Kier molecular flexibility index (Phi) is 4.16. The molecule has 2 aromatic carbocycles. The van der Waals surface area contributed by atoms with Gasteiger partial charge in [0.1, 0.15) is 12.4 Å². The number of hydrogen-bond acceptors (Lipinski definition) is 4. The first-order valence-electron chi connectivity index (χ1n) is 8.14. The maximum atomic E-state index is 12.1. The maximum Gasteiger partial charge on any atom is 0.231 e. The maximum absolute atomic E-state index is 12.1. The fourth-order valence-electron chi connectivity index (χ4n) is 2.84. The second-order valence-corrected chi connectivity index (χ2v) is 5.75. The van der Waals surface area contributed by atoms with Gasteiger partial charge >= 0.3 is 0 Å². The van der Waals surface area contributed by atoms with Gasteiger partial charge in [-0.25, -0.2) is 0 Å². The minimum atomic E-state index is -0.0287. The molecule has 0 saturated heterocycles. The predicted octanol–water partition coefficient (Wildman–Crippen LogP) is 2.63. The molecule has 4 rings (SSSR count). The highest BCUT2D eigenvalue weighted by Crippen LogP contribution is 2.34. The highest BCUT2D eigenvalue weighted by atomic mass is 16.7. The summed E-state index contributed by atoms with van der Waals surface area (Å²) in [5.41, 5.74) is 2.03. The lowest BCUT2D eigenvalue weighted by molar-refractivity contribution is -0.120. The first-order valence-corrected chi connectivity index (χ1v) is 8.14. The lowest BCUT2D eigenvalue weighted by Gasteiger charge is -2.08. The number of H-pyrrole nitrogens is 1. The average molecular weight is 338 g/mol. The number of fused-ring (bicyclic) bond motifs is 2. The smallest absolute Gasteiger partial charge is 0.231 e. The van der Waals surface area contributed by atoms with Crippen LogP contribution in [0.1, 0.15) is 5.56 Å². The zero-order chi connectivity index (χ0) is 17.1. The second-order valence-electron chi connectivity index (χ2n) is 5.75. The number of carbonyl (C=O) groups excluding carboxylic acids is 1. The Balaban J connectivity index is 1.25. The molecule has 0 radical (unpaired) electrons. The van der Waals surface area contributed by atoms with Gasteiger partial charge in [-0.2, -0.15) is 0 Å². The zero-order valence-electron chi connectivity index (χ0n) is 13.6.